The van der Waals surface area contributed by atoms with Gasteiger partial charge in [-0.05, 0) is 66.7 Å². The molecule has 1 aliphatic carbocycles. The summed E-state index contributed by atoms with van der Waals surface area (Å²) in [4.78, 5) is 24.4. The van der Waals surface area contributed by atoms with Gasteiger partial charge < -0.3 is 20.9 Å². The zero-order valence-electron chi connectivity index (χ0n) is 23.1. The van der Waals surface area contributed by atoms with Crippen LogP contribution >= 0.6 is 0 Å². The van der Waals surface area contributed by atoms with Gasteiger partial charge >= 0.3 is 6.03 Å². The summed E-state index contributed by atoms with van der Waals surface area (Å²) >= 11 is 0. The van der Waals surface area contributed by atoms with Gasteiger partial charge in [0.1, 0.15) is 5.82 Å². The Morgan fingerprint density at radius 2 is 1.57 bits per heavy atom. The summed E-state index contributed by atoms with van der Waals surface area (Å²) in [6.45, 7) is 9.35. The van der Waals surface area contributed by atoms with E-state index in [0.717, 1.165) is 48.1 Å². The molecule has 1 aromatic heterocycles. The first kappa shape index (κ1) is 26.7. The molecule has 0 unspecified atom stereocenters. The standard InChI is InChI=1S/C30H42N6O/c1-19(2)23-11-9-12-24(20(3)4)27(23)34-30(37)31-18-21-14-16-22(17-15-21)32-29-33-26-13-8-7-10-25(26)28(35-29)36(5)6/h7-13,19-22H,14-18H2,1-6H3,(H2,31,34,37)(H,32,33,35). The summed E-state index contributed by atoms with van der Waals surface area (Å²) in [6.07, 6.45) is 4.20. The molecule has 1 fully saturated rings. The molecule has 3 aromatic rings. The first-order valence-corrected chi connectivity index (χ1v) is 13.6. The molecule has 1 saturated carbocycles. The summed E-state index contributed by atoms with van der Waals surface area (Å²) in [5.41, 5.74) is 4.28. The Kier molecular flexibility index (Phi) is 8.52. The maximum atomic E-state index is 12.8. The number of hydrogen-bond acceptors (Lipinski definition) is 5. The zero-order chi connectivity index (χ0) is 26.5. The molecule has 3 N–H and O–H groups in total. The van der Waals surface area contributed by atoms with Gasteiger partial charge in [-0.1, -0.05) is 58.0 Å². The molecule has 0 spiro atoms. The maximum absolute atomic E-state index is 12.8. The van der Waals surface area contributed by atoms with E-state index in [-0.39, 0.29) is 6.03 Å². The Morgan fingerprint density at radius 3 is 2.19 bits per heavy atom. The van der Waals surface area contributed by atoms with Crippen molar-refractivity contribution in [2.45, 2.75) is 71.3 Å². The number of nitrogens with one attached hydrogen (secondary N) is 3. The normalized spacial score (nSPS) is 17.7. The lowest BCUT2D eigenvalue weighted by molar-refractivity contribution is 0.246. The van der Waals surface area contributed by atoms with Crippen LogP contribution in [0.5, 0.6) is 0 Å². The van der Waals surface area contributed by atoms with Gasteiger partial charge in [0.15, 0.2) is 0 Å². The second kappa shape index (κ2) is 11.8. The second-order valence-electron chi connectivity index (χ2n) is 11.1. The maximum Gasteiger partial charge on any atom is 0.319 e. The average Bonchev–Trinajstić information content (AvgIpc) is 2.87. The molecular formula is C30H42N6O. The molecular weight excluding hydrogens is 460 g/mol. The Balaban J connectivity index is 1.31. The number of amides is 2. The first-order chi connectivity index (χ1) is 17.7. The van der Waals surface area contributed by atoms with Crippen LogP contribution in [-0.2, 0) is 0 Å². The fourth-order valence-electron chi connectivity index (χ4n) is 5.25. The van der Waals surface area contributed by atoms with Crippen LogP contribution < -0.4 is 20.9 Å². The fourth-order valence-corrected chi connectivity index (χ4v) is 5.25. The summed E-state index contributed by atoms with van der Waals surface area (Å²) in [5, 5.41) is 10.9. The highest BCUT2D eigenvalue weighted by Gasteiger charge is 2.23. The molecule has 2 amide bonds. The van der Waals surface area contributed by atoms with Crippen molar-refractivity contribution < 1.29 is 4.79 Å². The largest absolute Gasteiger partial charge is 0.362 e. The lowest BCUT2D eigenvalue weighted by atomic mass is 9.86. The number of aromatic nitrogens is 2. The van der Waals surface area contributed by atoms with Crippen molar-refractivity contribution in [3.8, 4) is 0 Å². The summed E-state index contributed by atoms with van der Waals surface area (Å²) < 4.78 is 0. The van der Waals surface area contributed by atoms with Crippen molar-refractivity contribution >= 4 is 34.4 Å². The van der Waals surface area contributed by atoms with Crippen molar-refractivity contribution in [1.82, 2.24) is 15.3 Å². The number of para-hydroxylation sites is 2. The average molecular weight is 503 g/mol. The Morgan fingerprint density at radius 1 is 0.919 bits per heavy atom. The van der Waals surface area contributed by atoms with Gasteiger partial charge in [0.25, 0.3) is 0 Å². The van der Waals surface area contributed by atoms with E-state index in [9.17, 15) is 4.79 Å². The minimum atomic E-state index is -0.115. The van der Waals surface area contributed by atoms with Gasteiger partial charge in [0.2, 0.25) is 5.95 Å². The second-order valence-corrected chi connectivity index (χ2v) is 11.1. The van der Waals surface area contributed by atoms with Crippen molar-refractivity contribution in [3.63, 3.8) is 0 Å². The molecule has 7 nitrogen and oxygen atoms in total. The molecule has 0 bridgehead atoms. The van der Waals surface area contributed by atoms with Crippen LogP contribution in [-0.4, -0.2) is 42.7 Å². The number of fused-ring (bicyclic) bond motifs is 1. The third-order valence-electron chi connectivity index (χ3n) is 7.35. The predicted octanol–water partition coefficient (Wildman–Crippen LogP) is 6.74. The number of nitrogens with zero attached hydrogens (tertiary/aromatic N) is 3. The molecule has 0 saturated heterocycles. The number of anilines is 3. The van der Waals surface area contributed by atoms with E-state index in [0.29, 0.717) is 36.3 Å². The van der Waals surface area contributed by atoms with E-state index in [4.69, 9.17) is 9.97 Å². The van der Waals surface area contributed by atoms with Crippen LogP contribution in [0.25, 0.3) is 10.9 Å². The molecule has 198 valence electrons. The Hall–Kier alpha value is -3.35. The van der Waals surface area contributed by atoms with Gasteiger partial charge in [0.05, 0.1) is 5.52 Å². The minimum absolute atomic E-state index is 0.115. The molecule has 4 rings (SSSR count). The first-order valence-electron chi connectivity index (χ1n) is 13.6. The highest BCUT2D eigenvalue weighted by atomic mass is 16.2. The van der Waals surface area contributed by atoms with E-state index in [1.54, 1.807) is 0 Å². The molecule has 0 aliphatic heterocycles. The molecule has 7 heteroatoms. The summed E-state index contributed by atoms with van der Waals surface area (Å²) in [6, 6.07) is 14.7. The van der Waals surface area contributed by atoms with Gasteiger partial charge in [-0.15, -0.1) is 0 Å². The van der Waals surface area contributed by atoms with Crippen LogP contribution in [0.4, 0.5) is 22.2 Å². The zero-order valence-corrected chi connectivity index (χ0v) is 23.1. The van der Waals surface area contributed by atoms with Crippen molar-refractivity contribution in [2.75, 3.05) is 36.2 Å². The third kappa shape index (κ3) is 6.51. The van der Waals surface area contributed by atoms with Crippen LogP contribution in [0.1, 0.15) is 76.3 Å². The number of hydrogen-bond donors (Lipinski definition) is 3. The van der Waals surface area contributed by atoms with E-state index >= 15 is 0 Å². The lowest BCUT2D eigenvalue weighted by Crippen LogP contribution is -2.36. The third-order valence-corrected chi connectivity index (χ3v) is 7.35. The number of carbonyl (C=O) groups is 1. The van der Waals surface area contributed by atoms with Gasteiger partial charge in [-0.2, -0.15) is 4.98 Å². The van der Waals surface area contributed by atoms with E-state index in [2.05, 4.69) is 67.9 Å². The monoisotopic (exact) mass is 502 g/mol. The molecule has 0 radical (unpaired) electrons. The van der Waals surface area contributed by atoms with Crippen LogP contribution in [0.3, 0.4) is 0 Å². The number of carbonyl (C=O) groups excluding carboxylic acids is 1. The summed E-state index contributed by atoms with van der Waals surface area (Å²) in [5.74, 6) is 2.78. The smallest absolute Gasteiger partial charge is 0.319 e. The van der Waals surface area contributed by atoms with E-state index in [1.807, 2.05) is 37.2 Å². The lowest BCUT2D eigenvalue weighted by Gasteiger charge is -2.29. The van der Waals surface area contributed by atoms with Crippen molar-refractivity contribution in [1.29, 1.82) is 0 Å². The Labute approximate surface area is 221 Å². The molecule has 1 heterocycles. The highest BCUT2D eigenvalue weighted by molar-refractivity contribution is 5.91. The van der Waals surface area contributed by atoms with Crippen LogP contribution in [0.2, 0.25) is 0 Å². The molecule has 2 aromatic carbocycles. The predicted molar refractivity (Wildman–Crippen MR) is 155 cm³/mol. The number of urea groups is 1. The minimum Gasteiger partial charge on any atom is -0.362 e. The van der Waals surface area contributed by atoms with Crippen molar-refractivity contribution in [2.24, 2.45) is 5.92 Å². The van der Waals surface area contributed by atoms with E-state index in [1.165, 1.54) is 11.1 Å². The molecule has 0 atom stereocenters. The summed E-state index contributed by atoms with van der Waals surface area (Å²) in [7, 11) is 4.02. The number of rotatable bonds is 8. The van der Waals surface area contributed by atoms with Gasteiger partial charge in [0, 0.05) is 37.8 Å². The quantitative estimate of drug-likeness (QED) is 0.318. The van der Waals surface area contributed by atoms with Crippen LogP contribution in [0, 0.1) is 5.92 Å². The van der Waals surface area contributed by atoms with Gasteiger partial charge in [-0.3, -0.25) is 0 Å². The van der Waals surface area contributed by atoms with E-state index < -0.39 is 0 Å². The van der Waals surface area contributed by atoms with Crippen molar-refractivity contribution in [3.05, 3.63) is 53.6 Å². The topological polar surface area (TPSA) is 82.2 Å². The molecule has 37 heavy (non-hydrogen) atoms. The number of benzene rings is 2. The Bertz CT molecular complexity index is 1190. The molecule has 1 aliphatic rings. The highest BCUT2D eigenvalue weighted by Crippen LogP contribution is 2.32. The SMILES string of the molecule is CC(C)c1cccc(C(C)C)c1NC(=O)NCC1CCC(Nc2nc(N(C)C)c3ccccc3n2)CC1. The van der Waals surface area contributed by atoms with Gasteiger partial charge in [-0.25, -0.2) is 9.78 Å². The fraction of sp³-hybridized carbons (Fsp3) is 0.500. The van der Waals surface area contributed by atoms with Crippen LogP contribution in [0.15, 0.2) is 42.5 Å².